The van der Waals surface area contributed by atoms with Crippen LogP contribution in [0.1, 0.15) is 13.3 Å². The molecule has 0 saturated carbocycles. The van der Waals surface area contributed by atoms with Crippen LogP contribution in [0, 0.1) is 11.6 Å². The lowest BCUT2D eigenvalue weighted by molar-refractivity contribution is -0.118. The van der Waals surface area contributed by atoms with Gasteiger partial charge in [0.2, 0.25) is 5.91 Å². The zero-order valence-electron chi connectivity index (χ0n) is 9.54. The number of rotatable bonds is 3. The average Bonchev–Trinajstić information content (AvgIpc) is 2.62. The van der Waals surface area contributed by atoms with E-state index in [1.54, 1.807) is 0 Å². The van der Waals surface area contributed by atoms with Crippen molar-refractivity contribution in [1.29, 1.82) is 0 Å². The van der Waals surface area contributed by atoms with Crippen molar-refractivity contribution in [2.75, 3.05) is 18.0 Å². The molecule has 17 heavy (non-hydrogen) atoms. The fraction of sp³-hybridized carbons (Fsp3) is 0.417. The summed E-state index contributed by atoms with van der Waals surface area (Å²) in [6, 6.07) is 3.00. The summed E-state index contributed by atoms with van der Waals surface area (Å²) < 4.78 is 26.3. The van der Waals surface area contributed by atoms with Crippen LogP contribution < -0.4 is 10.2 Å². The predicted octanol–water partition coefficient (Wildman–Crippen LogP) is 1.68. The van der Waals surface area contributed by atoms with Crippen LogP contribution in [0.4, 0.5) is 14.5 Å². The van der Waals surface area contributed by atoms with Crippen LogP contribution in [-0.2, 0) is 4.79 Å². The van der Waals surface area contributed by atoms with Crippen LogP contribution in [0.15, 0.2) is 18.2 Å². The van der Waals surface area contributed by atoms with Crippen LogP contribution in [0.2, 0.25) is 0 Å². The second-order valence-electron chi connectivity index (χ2n) is 3.98. The molecular weight excluding hydrogens is 226 g/mol. The molecule has 1 atom stereocenters. The van der Waals surface area contributed by atoms with Crippen LogP contribution >= 0.6 is 0 Å². The molecule has 1 unspecified atom stereocenters. The van der Waals surface area contributed by atoms with Crippen LogP contribution in [-0.4, -0.2) is 25.0 Å². The number of amides is 1. The van der Waals surface area contributed by atoms with Crippen LogP contribution in [0.5, 0.6) is 0 Å². The molecule has 0 aliphatic carbocycles. The Balaban J connectivity index is 2.21. The molecule has 3 nitrogen and oxygen atoms in total. The van der Waals surface area contributed by atoms with Gasteiger partial charge in [0.05, 0.1) is 11.7 Å². The van der Waals surface area contributed by atoms with Crippen molar-refractivity contribution in [3.05, 3.63) is 29.8 Å². The van der Waals surface area contributed by atoms with Crippen molar-refractivity contribution in [3.63, 3.8) is 0 Å². The number of benzene rings is 1. The fourth-order valence-electron chi connectivity index (χ4n) is 2.06. The standard InChI is InChI=1S/C12H14F2N2O/c1-2-15-10-5-6-16(12(10)17)11-4-3-8(13)7-9(11)14/h3-4,7,10,15H,2,5-6H2,1H3. The van der Waals surface area contributed by atoms with E-state index in [1.807, 2.05) is 6.92 Å². The zero-order chi connectivity index (χ0) is 12.4. The van der Waals surface area contributed by atoms with Gasteiger partial charge in [0, 0.05) is 12.6 Å². The van der Waals surface area contributed by atoms with E-state index in [9.17, 15) is 13.6 Å². The number of nitrogens with one attached hydrogen (secondary N) is 1. The summed E-state index contributed by atoms with van der Waals surface area (Å²) in [7, 11) is 0. The third kappa shape index (κ3) is 2.29. The van der Waals surface area contributed by atoms with E-state index in [-0.39, 0.29) is 17.6 Å². The van der Waals surface area contributed by atoms with E-state index in [0.29, 0.717) is 19.5 Å². The van der Waals surface area contributed by atoms with Gasteiger partial charge in [-0.15, -0.1) is 0 Å². The van der Waals surface area contributed by atoms with Crippen LogP contribution in [0.3, 0.4) is 0 Å². The molecular formula is C12H14F2N2O. The minimum absolute atomic E-state index is 0.150. The van der Waals surface area contributed by atoms with Gasteiger partial charge in [0.15, 0.2) is 0 Å². The Hall–Kier alpha value is -1.49. The van der Waals surface area contributed by atoms with E-state index in [0.717, 1.165) is 12.1 Å². The predicted molar refractivity (Wildman–Crippen MR) is 60.8 cm³/mol. The van der Waals surface area contributed by atoms with Crippen molar-refractivity contribution in [2.45, 2.75) is 19.4 Å². The Kier molecular flexibility index (Phi) is 3.38. The molecule has 1 aromatic rings. The van der Waals surface area contributed by atoms with Crippen molar-refractivity contribution in [1.82, 2.24) is 5.32 Å². The van der Waals surface area contributed by atoms with Gasteiger partial charge in [0.25, 0.3) is 0 Å². The number of hydrogen-bond donors (Lipinski definition) is 1. The maximum Gasteiger partial charge on any atom is 0.244 e. The molecule has 1 aliphatic heterocycles. The van der Waals surface area contributed by atoms with E-state index in [2.05, 4.69) is 5.32 Å². The van der Waals surface area contributed by atoms with Gasteiger partial charge >= 0.3 is 0 Å². The Morgan fingerprint density at radius 3 is 2.88 bits per heavy atom. The van der Waals surface area contributed by atoms with Crippen molar-refractivity contribution >= 4 is 11.6 Å². The lowest BCUT2D eigenvalue weighted by Crippen LogP contribution is -2.38. The summed E-state index contributed by atoms with van der Waals surface area (Å²) in [5, 5.41) is 3.04. The highest BCUT2D eigenvalue weighted by Gasteiger charge is 2.33. The molecule has 0 radical (unpaired) electrons. The highest BCUT2D eigenvalue weighted by atomic mass is 19.1. The molecule has 1 N–H and O–H groups in total. The first kappa shape index (κ1) is 12.0. The summed E-state index contributed by atoms with van der Waals surface area (Å²) in [4.78, 5) is 13.3. The number of halogens is 2. The van der Waals surface area contributed by atoms with Gasteiger partial charge in [0.1, 0.15) is 11.6 Å². The van der Waals surface area contributed by atoms with Crippen molar-refractivity contribution in [3.8, 4) is 0 Å². The Labute approximate surface area is 98.4 Å². The summed E-state index contributed by atoms with van der Waals surface area (Å²) in [6.45, 7) is 3.06. The van der Waals surface area contributed by atoms with E-state index in [1.165, 1.54) is 11.0 Å². The summed E-state index contributed by atoms with van der Waals surface area (Å²) >= 11 is 0. The molecule has 1 amide bonds. The maximum atomic E-state index is 13.5. The number of carbonyl (C=O) groups is 1. The Bertz CT molecular complexity index is 437. The third-order valence-corrected chi connectivity index (χ3v) is 2.86. The second kappa shape index (κ2) is 4.79. The largest absolute Gasteiger partial charge is 0.308 e. The average molecular weight is 240 g/mol. The number of carbonyl (C=O) groups excluding carboxylic acids is 1. The highest BCUT2D eigenvalue weighted by Crippen LogP contribution is 2.25. The van der Waals surface area contributed by atoms with E-state index < -0.39 is 11.6 Å². The first-order valence-electron chi connectivity index (χ1n) is 5.63. The van der Waals surface area contributed by atoms with Gasteiger partial charge < -0.3 is 10.2 Å². The number of hydrogen-bond acceptors (Lipinski definition) is 2. The van der Waals surface area contributed by atoms with Gasteiger partial charge in [-0.2, -0.15) is 0 Å². The molecule has 0 spiro atoms. The highest BCUT2D eigenvalue weighted by molar-refractivity contribution is 5.99. The second-order valence-corrected chi connectivity index (χ2v) is 3.98. The number of likely N-dealkylation sites (N-methyl/N-ethyl adjacent to an activating group) is 1. The molecule has 1 fully saturated rings. The summed E-state index contributed by atoms with van der Waals surface area (Å²) in [5.41, 5.74) is 0.150. The van der Waals surface area contributed by atoms with Crippen LogP contribution in [0.25, 0.3) is 0 Å². The lowest BCUT2D eigenvalue weighted by Gasteiger charge is -2.17. The molecule has 1 aliphatic rings. The maximum absolute atomic E-state index is 13.5. The molecule has 0 aromatic heterocycles. The minimum Gasteiger partial charge on any atom is -0.308 e. The minimum atomic E-state index is -0.699. The monoisotopic (exact) mass is 240 g/mol. The zero-order valence-corrected chi connectivity index (χ0v) is 9.54. The van der Waals surface area contributed by atoms with Crippen molar-refractivity contribution < 1.29 is 13.6 Å². The molecule has 92 valence electrons. The summed E-state index contributed by atoms with van der Waals surface area (Å²) in [6.07, 6.45) is 0.642. The molecule has 0 bridgehead atoms. The summed E-state index contributed by atoms with van der Waals surface area (Å²) in [5.74, 6) is -1.49. The molecule has 1 heterocycles. The van der Waals surface area contributed by atoms with Gasteiger partial charge in [-0.25, -0.2) is 8.78 Å². The van der Waals surface area contributed by atoms with Gasteiger partial charge in [-0.05, 0) is 25.1 Å². The third-order valence-electron chi connectivity index (χ3n) is 2.86. The fourth-order valence-corrected chi connectivity index (χ4v) is 2.06. The molecule has 1 aromatic carbocycles. The molecule has 2 rings (SSSR count). The van der Waals surface area contributed by atoms with Gasteiger partial charge in [-0.3, -0.25) is 4.79 Å². The molecule has 5 heteroatoms. The number of anilines is 1. The Morgan fingerprint density at radius 2 is 2.24 bits per heavy atom. The Morgan fingerprint density at radius 1 is 1.47 bits per heavy atom. The topological polar surface area (TPSA) is 32.3 Å². The lowest BCUT2D eigenvalue weighted by atomic mass is 10.2. The van der Waals surface area contributed by atoms with Crippen molar-refractivity contribution in [2.24, 2.45) is 0 Å². The molecule has 1 saturated heterocycles. The quantitative estimate of drug-likeness (QED) is 0.871. The SMILES string of the molecule is CCNC1CCN(c2ccc(F)cc2F)C1=O. The first-order valence-corrected chi connectivity index (χ1v) is 5.63. The first-order chi connectivity index (χ1) is 8.13. The van der Waals surface area contributed by atoms with Gasteiger partial charge in [-0.1, -0.05) is 6.92 Å². The number of nitrogens with zero attached hydrogens (tertiary/aromatic N) is 1. The van der Waals surface area contributed by atoms with E-state index >= 15 is 0 Å². The normalized spacial score (nSPS) is 20.1. The smallest absolute Gasteiger partial charge is 0.244 e. The van der Waals surface area contributed by atoms with E-state index in [4.69, 9.17) is 0 Å².